The predicted octanol–water partition coefficient (Wildman–Crippen LogP) is 3.47. The normalized spacial score (nSPS) is 21.5. The van der Waals surface area contributed by atoms with Crippen molar-refractivity contribution in [2.24, 2.45) is 5.92 Å². The maximum absolute atomic E-state index is 5.23. The SMILES string of the molecule is COc1ccc(C(C)N2CCC(CNC(C)(C)C)C2)cc1. The Labute approximate surface area is 129 Å². The molecular formula is C18H30N2O. The molecule has 2 rings (SSSR count). The smallest absolute Gasteiger partial charge is 0.118 e. The van der Waals surface area contributed by atoms with Gasteiger partial charge in [0.2, 0.25) is 0 Å². The van der Waals surface area contributed by atoms with E-state index in [-0.39, 0.29) is 5.54 Å². The van der Waals surface area contributed by atoms with Crippen LogP contribution in [0, 0.1) is 5.92 Å². The summed E-state index contributed by atoms with van der Waals surface area (Å²) in [6, 6.07) is 8.96. The van der Waals surface area contributed by atoms with Crippen molar-refractivity contribution >= 4 is 0 Å². The van der Waals surface area contributed by atoms with Gasteiger partial charge in [-0.1, -0.05) is 12.1 Å². The summed E-state index contributed by atoms with van der Waals surface area (Å²) in [4.78, 5) is 2.59. The van der Waals surface area contributed by atoms with Crippen molar-refractivity contribution in [2.45, 2.75) is 45.7 Å². The largest absolute Gasteiger partial charge is 0.497 e. The van der Waals surface area contributed by atoms with Crippen LogP contribution in [-0.4, -0.2) is 37.2 Å². The molecule has 1 aromatic carbocycles. The van der Waals surface area contributed by atoms with Crippen molar-refractivity contribution in [2.75, 3.05) is 26.7 Å². The summed E-state index contributed by atoms with van der Waals surface area (Å²) in [5.74, 6) is 1.70. The maximum Gasteiger partial charge on any atom is 0.118 e. The molecular weight excluding hydrogens is 260 g/mol. The van der Waals surface area contributed by atoms with Gasteiger partial charge in [-0.05, 0) is 70.8 Å². The lowest BCUT2D eigenvalue weighted by Crippen LogP contribution is -2.39. The number of nitrogens with one attached hydrogen (secondary N) is 1. The van der Waals surface area contributed by atoms with Gasteiger partial charge in [-0.15, -0.1) is 0 Å². The molecule has 21 heavy (non-hydrogen) atoms. The van der Waals surface area contributed by atoms with E-state index in [2.05, 4.69) is 62.2 Å². The van der Waals surface area contributed by atoms with Crippen molar-refractivity contribution in [1.29, 1.82) is 0 Å². The van der Waals surface area contributed by atoms with Crippen LogP contribution in [-0.2, 0) is 0 Å². The molecule has 0 saturated carbocycles. The minimum atomic E-state index is 0.217. The van der Waals surface area contributed by atoms with E-state index < -0.39 is 0 Å². The number of hydrogen-bond acceptors (Lipinski definition) is 3. The summed E-state index contributed by atoms with van der Waals surface area (Å²) >= 11 is 0. The quantitative estimate of drug-likeness (QED) is 0.898. The zero-order valence-corrected chi connectivity index (χ0v) is 14.1. The number of likely N-dealkylation sites (tertiary alicyclic amines) is 1. The van der Waals surface area contributed by atoms with E-state index in [1.807, 2.05) is 0 Å². The van der Waals surface area contributed by atoms with Gasteiger partial charge >= 0.3 is 0 Å². The summed E-state index contributed by atoms with van der Waals surface area (Å²) in [6.07, 6.45) is 1.30. The second-order valence-electron chi connectivity index (χ2n) is 7.23. The Hall–Kier alpha value is -1.06. The number of hydrogen-bond donors (Lipinski definition) is 1. The summed E-state index contributed by atoms with van der Waals surface area (Å²) in [5, 5.41) is 3.63. The highest BCUT2D eigenvalue weighted by molar-refractivity contribution is 5.29. The minimum absolute atomic E-state index is 0.217. The maximum atomic E-state index is 5.23. The Kier molecular flexibility index (Phi) is 5.28. The lowest BCUT2D eigenvalue weighted by Gasteiger charge is -2.26. The molecule has 1 aromatic rings. The van der Waals surface area contributed by atoms with Gasteiger partial charge in [-0.3, -0.25) is 4.90 Å². The van der Waals surface area contributed by atoms with E-state index in [9.17, 15) is 0 Å². The van der Waals surface area contributed by atoms with Crippen LogP contribution in [0.15, 0.2) is 24.3 Å². The van der Waals surface area contributed by atoms with E-state index in [4.69, 9.17) is 4.74 Å². The Balaban J connectivity index is 1.87. The lowest BCUT2D eigenvalue weighted by atomic mass is 10.0. The second kappa shape index (κ2) is 6.80. The molecule has 0 aliphatic carbocycles. The summed E-state index contributed by atoms with van der Waals surface area (Å²) in [5.41, 5.74) is 1.59. The zero-order chi connectivity index (χ0) is 15.5. The molecule has 1 N–H and O–H groups in total. The standard InChI is InChI=1S/C18H30N2O/c1-14(16-6-8-17(21-5)9-7-16)20-11-10-15(13-20)12-19-18(2,3)4/h6-9,14-15,19H,10-13H2,1-5H3. The molecule has 1 aliphatic heterocycles. The first-order valence-electron chi connectivity index (χ1n) is 8.02. The molecule has 0 aromatic heterocycles. The topological polar surface area (TPSA) is 24.5 Å². The molecule has 1 fully saturated rings. The average Bonchev–Trinajstić information content (AvgIpc) is 2.93. The van der Waals surface area contributed by atoms with Gasteiger partial charge in [-0.2, -0.15) is 0 Å². The van der Waals surface area contributed by atoms with Gasteiger partial charge < -0.3 is 10.1 Å². The third kappa shape index (κ3) is 4.72. The molecule has 2 atom stereocenters. The summed E-state index contributed by atoms with van der Waals surface area (Å²) in [6.45, 7) is 12.5. The van der Waals surface area contributed by atoms with Gasteiger partial charge in [0, 0.05) is 18.1 Å². The highest BCUT2D eigenvalue weighted by Gasteiger charge is 2.27. The van der Waals surface area contributed by atoms with Gasteiger partial charge in [0.1, 0.15) is 5.75 Å². The van der Waals surface area contributed by atoms with Gasteiger partial charge in [0.25, 0.3) is 0 Å². The summed E-state index contributed by atoms with van der Waals surface area (Å²) in [7, 11) is 1.71. The fraction of sp³-hybridized carbons (Fsp3) is 0.667. The van der Waals surface area contributed by atoms with Crippen molar-refractivity contribution in [3.8, 4) is 5.75 Å². The average molecular weight is 290 g/mol. The molecule has 0 spiro atoms. The Morgan fingerprint density at radius 3 is 2.52 bits per heavy atom. The van der Waals surface area contributed by atoms with Crippen LogP contribution in [0.25, 0.3) is 0 Å². The van der Waals surface area contributed by atoms with Crippen LogP contribution >= 0.6 is 0 Å². The molecule has 3 heteroatoms. The molecule has 3 nitrogen and oxygen atoms in total. The molecule has 0 radical (unpaired) electrons. The number of nitrogens with zero attached hydrogens (tertiary/aromatic N) is 1. The van der Waals surface area contributed by atoms with Crippen LogP contribution in [0.4, 0.5) is 0 Å². The van der Waals surface area contributed by atoms with Gasteiger partial charge in [0.05, 0.1) is 7.11 Å². The first-order valence-corrected chi connectivity index (χ1v) is 8.02. The van der Waals surface area contributed by atoms with Crippen molar-refractivity contribution in [1.82, 2.24) is 10.2 Å². The van der Waals surface area contributed by atoms with E-state index >= 15 is 0 Å². The fourth-order valence-electron chi connectivity index (χ4n) is 2.92. The van der Waals surface area contributed by atoms with E-state index in [0.29, 0.717) is 6.04 Å². The van der Waals surface area contributed by atoms with E-state index in [1.54, 1.807) is 7.11 Å². The third-order valence-corrected chi connectivity index (χ3v) is 4.38. The second-order valence-corrected chi connectivity index (χ2v) is 7.23. The van der Waals surface area contributed by atoms with Crippen molar-refractivity contribution < 1.29 is 4.74 Å². The first-order chi connectivity index (χ1) is 9.89. The van der Waals surface area contributed by atoms with Crippen LogP contribution in [0.2, 0.25) is 0 Å². The lowest BCUT2D eigenvalue weighted by molar-refractivity contribution is 0.248. The van der Waals surface area contributed by atoms with Gasteiger partial charge in [-0.25, -0.2) is 0 Å². The van der Waals surface area contributed by atoms with E-state index in [0.717, 1.165) is 18.2 Å². The number of benzene rings is 1. The molecule has 118 valence electrons. The zero-order valence-electron chi connectivity index (χ0n) is 14.1. The third-order valence-electron chi connectivity index (χ3n) is 4.38. The number of ether oxygens (including phenoxy) is 1. The molecule has 1 heterocycles. The number of methoxy groups -OCH3 is 1. The molecule has 1 aliphatic rings. The fourth-order valence-corrected chi connectivity index (χ4v) is 2.92. The Morgan fingerprint density at radius 2 is 1.95 bits per heavy atom. The van der Waals surface area contributed by atoms with Crippen LogP contribution in [0.1, 0.15) is 45.7 Å². The molecule has 2 unspecified atom stereocenters. The molecule has 1 saturated heterocycles. The number of rotatable bonds is 5. The first kappa shape index (κ1) is 16.3. The van der Waals surface area contributed by atoms with Crippen LogP contribution < -0.4 is 10.1 Å². The van der Waals surface area contributed by atoms with Crippen LogP contribution in [0.3, 0.4) is 0 Å². The minimum Gasteiger partial charge on any atom is -0.497 e. The van der Waals surface area contributed by atoms with Gasteiger partial charge in [0.15, 0.2) is 0 Å². The molecule has 0 bridgehead atoms. The van der Waals surface area contributed by atoms with Crippen molar-refractivity contribution in [3.05, 3.63) is 29.8 Å². The van der Waals surface area contributed by atoms with E-state index in [1.165, 1.54) is 25.1 Å². The highest BCUT2D eigenvalue weighted by Crippen LogP contribution is 2.28. The monoisotopic (exact) mass is 290 g/mol. The highest BCUT2D eigenvalue weighted by atomic mass is 16.5. The Bertz CT molecular complexity index is 436. The predicted molar refractivity (Wildman–Crippen MR) is 88.8 cm³/mol. The summed E-state index contributed by atoms with van der Waals surface area (Å²) < 4.78 is 5.23. The van der Waals surface area contributed by atoms with Crippen LogP contribution in [0.5, 0.6) is 5.75 Å². The van der Waals surface area contributed by atoms with Crippen molar-refractivity contribution in [3.63, 3.8) is 0 Å². The molecule has 0 amide bonds. The Morgan fingerprint density at radius 1 is 1.29 bits per heavy atom.